The molecule has 1 amide bonds. The van der Waals surface area contributed by atoms with Gasteiger partial charge in [-0.3, -0.25) is 4.79 Å². The van der Waals surface area contributed by atoms with E-state index in [0.717, 1.165) is 45.3 Å². The molecule has 1 N–H and O–H groups in total. The molecular weight excluding hydrogens is 381 g/mol. The second-order valence-corrected chi connectivity index (χ2v) is 9.82. The lowest BCUT2D eigenvalue weighted by Crippen LogP contribution is -2.58. The summed E-state index contributed by atoms with van der Waals surface area (Å²) in [5.41, 5.74) is -0.149. The van der Waals surface area contributed by atoms with Gasteiger partial charge in [0.25, 0.3) is 5.91 Å². The van der Waals surface area contributed by atoms with Gasteiger partial charge in [-0.1, -0.05) is 18.2 Å². The molecule has 1 aromatic rings. The van der Waals surface area contributed by atoms with Crippen LogP contribution in [-0.2, 0) is 18.8 Å². The van der Waals surface area contributed by atoms with E-state index in [1.54, 1.807) is 0 Å². The van der Waals surface area contributed by atoms with E-state index in [-0.39, 0.29) is 30.7 Å². The Kier molecular flexibility index (Phi) is 6.01. The van der Waals surface area contributed by atoms with E-state index < -0.39 is 11.2 Å². The molecule has 3 fully saturated rings. The minimum absolute atomic E-state index is 0.0107. The first-order valence-electron chi connectivity index (χ1n) is 11.2. The van der Waals surface area contributed by atoms with Crippen molar-refractivity contribution in [1.82, 2.24) is 5.32 Å². The maximum Gasteiger partial charge on any atom is 0.466 e. The fourth-order valence-electron chi connectivity index (χ4n) is 4.57. The fourth-order valence-corrected chi connectivity index (χ4v) is 4.57. The highest BCUT2D eigenvalue weighted by atomic mass is 16.7. The van der Waals surface area contributed by atoms with Crippen LogP contribution in [0.4, 0.5) is 0 Å². The number of carbonyl (C=O) groups is 1. The van der Waals surface area contributed by atoms with E-state index in [2.05, 4.69) is 33.0 Å². The number of ether oxygens (including phenoxy) is 2. The molecule has 1 aliphatic carbocycles. The standard InChI is InChI=1S/C23H34BNO5/c1-21(2)22(3,4)30-24(29-21)23(14-12-19-27-15-8-16-28-19)13-11-18(23)25-20(26)17-9-6-5-7-10-17/h5-7,9-10,18-19H,8,11-16H2,1-4H3,(H,25,26)/t18-,23-/m0/s1. The molecule has 30 heavy (non-hydrogen) atoms. The van der Waals surface area contributed by atoms with Crippen LogP contribution in [0, 0.1) is 0 Å². The van der Waals surface area contributed by atoms with Gasteiger partial charge in [0.15, 0.2) is 6.29 Å². The van der Waals surface area contributed by atoms with Gasteiger partial charge in [-0.25, -0.2) is 0 Å². The number of carbonyl (C=O) groups excluding carboxylic acids is 1. The minimum Gasteiger partial charge on any atom is -0.403 e. The Morgan fingerprint density at radius 3 is 2.27 bits per heavy atom. The third-order valence-corrected chi connectivity index (χ3v) is 7.40. The SMILES string of the molecule is CC1(C)OB([C@]2(CCC3OCCCO3)CC[C@@H]2NC(=O)c2ccccc2)OC1(C)C. The molecule has 2 heterocycles. The Morgan fingerprint density at radius 1 is 1.07 bits per heavy atom. The third kappa shape index (κ3) is 4.05. The Bertz CT molecular complexity index is 733. The van der Waals surface area contributed by atoms with E-state index in [9.17, 15) is 4.79 Å². The lowest BCUT2D eigenvalue weighted by molar-refractivity contribution is -0.183. The van der Waals surface area contributed by atoms with Crippen molar-refractivity contribution in [3.8, 4) is 0 Å². The second kappa shape index (κ2) is 8.27. The summed E-state index contributed by atoms with van der Waals surface area (Å²) >= 11 is 0. The predicted molar refractivity (Wildman–Crippen MR) is 115 cm³/mol. The van der Waals surface area contributed by atoms with Gasteiger partial charge in [-0.2, -0.15) is 0 Å². The molecule has 2 saturated heterocycles. The summed E-state index contributed by atoms with van der Waals surface area (Å²) in [5.74, 6) is -0.0497. The highest BCUT2D eigenvalue weighted by molar-refractivity contribution is 6.50. The summed E-state index contributed by atoms with van der Waals surface area (Å²) in [4.78, 5) is 12.9. The molecule has 0 spiro atoms. The Labute approximate surface area is 180 Å². The number of nitrogens with one attached hydrogen (secondary N) is 1. The van der Waals surface area contributed by atoms with Crippen LogP contribution in [0.2, 0.25) is 5.31 Å². The van der Waals surface area contributed by atoms with Crippen LogP contribution in [0.25, 0.3) is 0 Å². The zero-order valence-electron chi connectivity index (χ0n) is 18.6. The van der Waals surface area contributed by atoms with Gasteiger partial charge in [0, 0.05) is 16.9 Å². The Balaban J connectivity index is 1.52. The molecule has 1 saturated carbocycles. The first-order valence-corrected chi connectivity index (χ1v) is 11.2. The quantitative estimate of drug-likeness (QED) is 0.713. The highest BCUT2D eigenvalue weighted by Crippen LogP contribution is 2.59. The molecule has 164 valence electrons. The van der Waals surface area contributed by atoms with Crippen LogP contribution in [0.3, 0.4) is 0 Å². The molecule has 6 nitrogen and oxygen atoms in total. The lowest BCUT2D eigenvalue weighted by Gasteiger charge is -2.51. The van der Waals surface area contributed by atoms with Crippen LogP contribution >= 0.6 is 0 Å². The average molecular weight is 415 g/mol. The minimum atomic E-state index is -0.411. The summed E-state index contributed by atoms with van der Waals surface area (Å²) in [6, 6.07) is 9.36. The smallest absolute Gasteiger partial charge is 0.403 e. The number of amides is 1. The van der Waals surface area contributed by atoms with Crippen molar-refractivity contribution in [3.05, 3.63) is 35.9 Å². The van der Waals surface area contributed by atoms with Crippen molar-refractivity contribution in [2.75, 3.05) is 13.2 Å². The summed E-state index contributed by atoms with van der Waals surface area (Å²) in [7, 11) is -0.374. The van der Waals surface area contributed by atoms with Crippen LogP contribution < -0.4 is 5.32 Å². The largest absolute Gasteiger partial charge is 0.466 e. The van der Waals surface area contributed by atoms with E-state index >= 15 is 0 Å². The van der Waals surface area contributed by atoms with Crippen LogP contribution in [0.1, 0.15) is 70.2 Å². The zero-order valence-corrected chi connectivity index (χ0v) is 18.6. The van der Waals surface area contributed by atoms with Gasteiger partial charge in [0.1, 0.15) is 0 Å². The lowest BCUT2D eigenvalue weighted by atomic mass is 9.42. The monoisotopic (exact) mass is 415 g/mol. The van der Waals surface area contributed by atoms with Crippen molar-refractivity contribution >= 4 is 13.0 Å². The first-order chi connectivity index (χ1) is 14.2. The third-order valence-electron chi connectivity index (χ3n) is 7.40. The van der Waals surface area contributed by atoms with E-state index in [4.69, 9.17) is 18.8 Å². The topological polar surface area (TPSA) is 66.0 Å². The molecule has 2 atom stereocenters. The van der Waals surface area contributed by atoms with Crippen LogP contribution in [0.5, 0.6) is 0 Å². The van der Waals surface area contributed by atoms with Crippen molar-refractivity contribution in [2.45, 2.75) is 88.6 Å². The maximum atomic E-state index is 12.9. The Hall–Kier alpha value is -1.41. The van der Waals surface area contributed by atoms with Gasteiger partial charge in [0.05, 0.1) is 24.4 Å². The molecule has 0 unspecified atom stereocenters. The second-order valence-electron chi connectivity index (χ2n) is 9.82. The molecule has 3 aliphatic rings. The van der Waals surface area contributed by atoms with E-state index in [1.165, 1.54) is 0 Å². The van der Waals surface area contributed by atoms with E-state index in [1.807, 2.05) is 30.3 Å². The van der Waals surface area contributed by atoms with E-state index in [0.29, 0.717) is 5.56 Å². The zero-order chi connectivity index (χ0) is 21.4. The average Bonchev–Trinajstić information content (AvgIpc) is 2.94. The number of benzene rings is 1. The van der Waals surface area contributed by atoms with Gasteiger partial charge < -0.3 is 24.1 Å². The molecule has 0 radical (unpaired) electrons. The number of hydrogen-bond acceptors (Lipinski definition) is 5. The van der Waals surface area contributed by atoms with Gasteiger partial charge >= 0.3 is 7.12 Å². The van der Waals surface area contributed by atoms with Crippen LogP contribution in [0.15, 0.2) is 30.3 Å². The van der Waals surface area contributed by atoms with Gasteiger partial charge in [-0.05, 0) is 71.9 Å². The summed E-state index contributed by atoms with van der Waals surface area (Å²) in [6.45, 7) is 9.77. The highest BCUT2D eigenvalue weighted by Gasteiger charge is 2.65. The van der Waals surface area contributed by atoms with Gasteiger partial charge in [0.2, 0.25) is 0 Å². The molecular formula is C23H34BNO5. The molecule has 0 bridgehead atoms. The summed E-state index contributed by atoms with van der Waals surface area (Å²) in [5, 5.41) is 2.97. The van der Waals surface area contributed by atoms with Crippen molar-refractivity contribution in [1.29, 1.82) is 0 Å². The van der Waals surface area contributed by atoms with Crippen molar-refractivity contribution < 1.29 is 23.6 Å². The summed E-state index contributed by atoms with van der Waals surface area (Å²) < 4.78 is 24.5. The normalized spacial score (nSPS) is 30.7. The molecule has 0 aromatic heterocycles. The molecule has 7 heteroatoms. The van der Waals surface area contributed by atoms with Crippen molar-refractivity contribution in [3.63, 3.8) is 0 Å². The van der Waals surface area contributed by atoms with Gasteiger partial charge in [-0.15, -0.1) is 0 Å². The predicted octanol–water partition coefficient (Wildman–Crippen LogP) is 3.95. The van der Waals surface area contributed by atoms with Crippen LogP contribution in [-0.4, -0.2) is 49.8 Å². The van der Waals surface area contributed by atoms with Crippen molar-refractivity contribution in [2.24, 2.45) is 0 Å². The number of rotatable bonds is 6. The first kappa shape index (κ1) is 21.8. The summed E-state index contributed by atoms with van der Waals surface area (Å²) in [6.07, 6.45) is 4.18. The Morgan fingerprint density at radius 2 is 1.70 bits per heavy atom. The number of hydrogen-bond donors (Lipinski definition) is 1. The fraction of sp³-hybridized carbons (Fsp3) is 0.696. The molecule has 4 rings (SSSR count). The molecule has 2 aliphatic heterocycles. The molecule has 1 aromatic carbocycles. The maximum absolute atomic E-state index is 12.9.